The first kappa shape index (κ1) is 19.1. The van der Waals surface area contributed by atoms with Gasteiger partial charge in [-0.05, 0) is 43.3 Å². The Morgan fingerprint density at radius 3 is 2.48 bits per heavy atom. The lowest BCUT2D eigenvalue weighted by molar-refractivity contribution is 0.321. The van der Waals surface area contributed by atoms with Crippen molar-refractivity contribution in [3.8, 4) is 28.3 Å². The third-order valence-electron chi connectivity index (χ3n) is 4.46. The summed E-state index contributed by atoms with van der Waals surface area (Å²) in [6.07, 6.45) is 4.60. The molecule has 0 bridgehead atoms. The first-order chi connectivity index (χ1) is 13.9. The summed E-state index contributed by atoms with van der Waals surface area (Å²) in [6.45, 7) is 2.16. The Kier molecular flexibility index (Phi) is 4.79. The molecule has 0 saturated heterocycles. The molecule has 4 rings (SSSR count). The van der Waals surface area contributed by atoms with Crippen molar-refractivity contribution >= 4 is 15.6 Å². The second kappa shape index (κ2) is 7.29. The SMILES string of the molecule is CCOc1ccc(-c2nc3ncccn3c2-c2ccc(S(C)(=O)=O)cc2)cc1F. The molecule has 2 aromatic heterocycles. The summed E-state index contributed by atoms with van der Waals surface area (Å²) in [7, 11) is -3.31. The highest BCUT2D eigenvalue weighted by Crippen LogP contribution is 2.34. The highest BCUT2D eigenvalue weighted by Gasteiger charge is 2.18. The van der Waals surface area contributed by atoms with E-state index in [0.29, 0.717) is 29.3 Å². The molecule has 0 N–H and O–H groups in total. The Morgan fingerprint density at radius 1 is 1.10 bits per heavy atom. The van der Waals surface area contributed by atoms with E-state index in [-0.39, 0.29) is 10.6 Å². The molecule has 6 nitrogen and oxygen atoms in total. The predicted octanol–water partition coefficient (Wildman–Crippen LogP) is 4.00. The zero-order valence-corrected chi connectivity index (χ0v) is 16.6. The molecule has 0 atom stereocenters. The predicted molar refractivity (Wildman–Crippen MR) is 108 cm³/mol. The molecule has 0 unspecified atom stereocenters. The average Bonchev–Trinajstić information content (AvgIpc) is 3.08. The number of imidazole rings is 1. The van der Waals surface area contributed by atoms with Crippen LogP contribution in [0.5, 0.6) is 5.75 Å². The minimum Gasteiger partial charge on any atom is -0.491 e. The van der Waals surface area contributed by atoms with Crippen LogP contribution in [0.4, 0.5) is 4.39 Å². The van der Waals surface area contributed by atoms with E-state index in [2.05, 4.69) is 9.97 Å². The molecule has 0 aliphatic rings. The monoisotopic (exact) mass is 411 g/mol. The minimum absolute atomic E-state index is 0.178. The standard InChI is InChI=1S/C21H18FN3O3S/c1-3-28-18-10-7-15(13-17(18)22)19-20(25-12-4-11-23-21(25)24-19)14-5-8-16(9-6-14)29(2,26)27/h4-13H,3H2,1-2H3. The van der Waals surface area contributed by atoms with E-state index in [4.69, 9.17) is 4.74 Å². The van der Waals surface area contributed by atoms with Crippen LogP contribution >= 0.6 is 0 Å². The van der Waals surface area contributed by atoms with Crippen molar-refractivity contribution in [3.05, 3.63) is 66.7 Å². The lowest BCUT2D eigenvalue weighted by atomic mass is 10.0. The van der Waals surface area contributed by atoms with Gasteiger partial charge in [-0.1, -0.05) is 12.1 Å². The zero-order valence-electron chi connectivity index (χ0n) is 15.8. The van der Waals surface area contributed by atoms with E-state index < -0.39 is 15.7 Å². The molecule has 2 heterocycles. The lowest BCUT2D eigenvalue weighted by Crippen LogP contribution is -1.97. The van der Waals surface area contributed by atoms with Gasteiger partial charge in [0.25, 0.3) is 0 Å². The molecule has 0 fully saturated rings. The van der Waals surface area contributed by atoms with E-state index >= 15 is 0 Å². The summed E-state index contributed by atoms with van der Waals surface area (Å²) in [5.41, 5.74) is 2.54. The first-order valence-electron chi connectivity index (χ1n) is 8.95. The Morgan fingerprint density at radius 2 is 1.83 bits per heavy atom. The number of fused-ring (bicyclic) bond motifs is 1. The van der Waals surface area contributed by atoms with E-state index in [1.54, 1.807) is 60.0 Å². The quantitative estimate of drug-likeness (QED) is 0.496. The largest absolute Gasteiger partial charge is 0.491 e. The highest BCUT2D eigenvalue weighted by atomic mass is 32.2. The number of rotatable bonds is 5. The molecular formula is C21H18FN3O3S. The third kappa shape index (κ3) is 3.58. The van der Waals surface area contributed by atoms with Crippen LogP contribution in [0, 0.1) is 5.82 Å². The van der Waals surface area contributed by atoms with Gasteiger partial charge in [0, 0.05) is 29.8 Å². The molecule has 4 aromatic rings. The number of hydrogen-bond donors (Lipinski definition) is 0. The fourth-order valence-corrected chi connectivity index (χ4v) is 3.78. The molecule has 29 heavy (non-hydrogen) atoms. The van der Waals surface area contributed by atoms with Gasteiger partial charge in [0.1, 0.15) is 0 Å². The summed E-state index contributed by atoms with van der Waals surface area (Å²) in [5, 5.41) is 0. The van der Waals surface area contributed by atoms with Gasteiger partial charge < -0.3 is 4.74 Å². The van der Waals surface area contributed by atoms with Crippen molar-refractivity contribution < 1.29 is 17.5 Å². The van der Waals surface area contributed by atoms with Crippen LogP contribution in [0.15, 0.2) is 65.8 Å². The van der Waals surface area contributed by atoms with Gasteiger partial charge in [0.05, 0.1) is 22.9 Å². The fraction of sp³-hybridized carbons (Fsp3) is 0.143. The normalized spacial score (nSPS) is 11.7. The highest BCUT2D eigenvalue weighted by molar-refractivity contribution is 7.90. The van der Waals surface area contributed by atoms with Crippen LogP contribution in [-0.4, -0.2) is 35.6 Å². The Bertz CT molecular complexity index is 1300. The molecular weight excluding hydrogens is 393 g/mol. The Balaban J connectivity index is 1.91. The number of ether oxygens (including phenoxy) is 1. The molecule has 0 saturated carbocycles. The van der Waals surface area contributed by atoms with Crippen LogP contribution in [0.2, 0.25) is 0 Å². The maximum absolute atomic E-state index is 14.5. The van der Waals surface area contributed by atoms with Gasteiger partial charge in [0.2, 0.25) is 5.78 Å². The maximum atomic E-state index is 14.5. The van der Waals surface area contributed by atoms with Crippen LogP contribution in [-0.2, 0) is 9.84 Å². The van der Waals surface area contributed by atoms with Gasteiger partial charge in [0.15, 0.2) is 21.4 Å². The molecule has 0 radical (unpaired) electrons. The van der Waals surface area contributed by atoms with Crippen molar-refractivity contribution in [3.63, 3.8) is 0 Å². The first-order valence-corrected chi connectivity index (χ1v) is 10.8. The van der Waals surface area contributed by atoms with Gasteiger partial charge in [-0.15, -0.1) is 0 Å². The van der Waals surface area contributed by atoms with E-state index in [1.807, 2.05) is 6.20 Å². The third-order valence-corrected chi connectivity index (χ3v) is 5.59. The molecule has 0 amide bonds. The molecule has 2 aromatic carbocycles. The number of halogens is 1. The fourth-order valence-electron chi connectivity index (χ4n) is 3.15. The number of nitrogens with zero attached hydrogens (tertiary/aromatic N) is 3. The molecule has 148 valence electrons. The van der Waals surface area contributed by atoms with Crippen LogP contribution in [0.25, 0.3) is 28.3 Å². The van der Waals surface area contributed by atoms with Gasteiger partial charge in [-0.2, -0.15) is 0 Å². The van der Waals surface area contributed by atoms with Gasteiger partial charge >= 0.3 is 0 Å². The van der Waals surface area contributed by atoms with E-state index in [9.17, 15) is 12.8 Å². The van der Waals surface area contributed by atoms with Crippen molar-refractivity contribution in [1.29, 1.82) is 0 Å². The van der Waals surface area contributed by atoms with Crippen LogP contribution in [0.3, 0.4) is 0 Å². The van der Waals surface area contributed by atoms with Crippen molar-refractivity contribution in [2.24, 2.45) is 0 Å². The summed E-state index contributed by atoms with van der Waals surface area (Å²) < 4.78 is 45.1. The molecule has 0 aliphatic heterocycles. The number of sulfone groups is 1. The maximum Gasteiger partial charge on any atom is 0.234 e. The molecule has 0 spiro atoms. The Hall–Kier alpha value is -3.26. The Labute approximate surface area is 167 Å². The smallest absolute Gasteiger partial charge is 0.234 e. The lowest BCUT2D eigenvalue weighted by Gasteiger charge is -2.09. The van der Waals surface area contributed by atoms with Crippen molar-refractivity contribution in [1.82, 2.24) is 14.4 Å². The second-order valence-electron chi connectivity index (χ2n) is 6.47. The molecule has 8 heteroatoms. The number of hydrogen-bond acceptors (Lipinski definition) is 5. The number of benzene rings is 2. The second-order valence-corrected chi connectivity index (χ2v) is 8.49. The minimum atomic E-state index is -3.31. The summed E-state index contributed by atoms with van der Waals surface area (Å²) >= 11 is 0. The van der Waals surface area contributed by atoms with Crippen LogP contribution < -0.4 is 4.74 Å². The molecule has 0 aliphatic carbocycles. The van der Waals surface area contributed by atoms with E-state index in [0.717, 1.165) is 11.8 Å². The summed E-state index contributed by atoms with van der Waals surface area (Å²) in [6, 6.07) is 13.0. The summed E-state index contributed by atoms with van der Waals surface area (Å²) in [5.74, 6) is 0.156. The number of aromatic nitrogens is 3. The van der Waals surface area contributed by atoms with Crippen molar-refractivity contribution in [2.45, 2.75) is 11.8 Å². The topological polar surface area (TPSA) is 73.6 Å². The van der Waals surface area contributed by atoms with Crippen molar-refractivity contribution in [2.75, 3.05) is 12.9 Å². The van der Waals surface area contributed by atoms with Gasteiger partial charge in [-0.25, -0.2) is 22.8 Å². The average molecular weight is 411 g/mol. The zero-order chi connectivity index (χ0) is 20.6. The summed E-state index contributed by atoms with van der Waals surface area (Å²) in [4.78, 5) is 9.07. The van der Waals surface area contributed by atoms with E-state index in [1.165, 1.54) is 6.07 Å². The van der Waals surface area contributed by atoms with Gasteiger partial charge in [-0.3, -0.25) is 4.40 Å². The van der Waals surface area contributed by atoms with Crippen LogP contribution in [0.1, 0.15) is 6.92 Å².